The predicted molar refractivity (Wildman–Crippen MR) is 96.2 cm³/mol. The van der Waals surface area contributed by atoms with Crippen LogP contribution < -0.4 is 5.32 Å². The zero-order valence-corrected chi connectivity index (χ0v) is 14.2. The lowest BCUT2D eigenvalue weighted by atomic mass is 9.79. The first kappa shape index (κ1) is 16.6. The molecule has 2 aliphatic heterocycles. The lowest BCUT2D eigenvalue weighted by Gasteiger charge is -2.30. The van der Waals surface area contributed by atoms with E-state index in [1.807, 2.05) is 31.2 Å². The van der Waals surface area contributed by atoms with Crippen LogP contribution in [0.3, 0.4) is 0 Å². The van der Waals surface area contributed by atoms with Crippen molar-refractivity contribution in [3.63, 3.8) is 0 Å². The Morgan fingerprint density at radius 2 is 2.04 bits per heavy atom. The van der Waals surface area contributed by atoms with Crippen molar-refractivity contribution < 1.29 is 19.8 Å². The Kier molecular flexibility index (Phi) is 3.75. The molecule has 2 heterocycles. The molecule has 2 aromatic carbocycles. The molecule has 4 rings (SSSR count). The fourth-order valence-electron chi connectivity index (χ4n) is 3.69. The molecule has 0 aliphatic carbocycles. The monoisotopic (exact) mass is 350 g/mol. The number of nitrogens with zero attached hydrogens (tertiary/aromatic N) is 1. The van der Waals surface area contributed by atoms with Gasteiger partial charge in [-0.1, -0.05) is 29.8 Å². The number of ketones is 1. The van der Waals surface area contributed by atoms with Crippen LogP contribution >= 0.6 is 0 Å². The normalized spacial score (nSPS) is 20.4. The first-order chi connectivity index (χ1) is 12.5. The molecule has 6 heteroatoms. The molecule has 3 N–H and O–H groups in total. The van der Waals surface area contributed by atoms with Gasteiger partial charge in [0.15, 0.2) is 5.54 Å². The van der Waals surface area contributed by atoms with Gasteiger partial charge in [-0.3, -0.25) is 14.6 Å². The average Bonchev–Trinajstić information content (AvgIpc) is 2.91. The molecule has 0 fully saturated rings. The molecule has 0 aromatic heterocycles. The van der Waals surface area contributed by atoms with Gasteiger partial charge < -0.3 is 15.5 Å². The summed E-state index contributed by atoms with van der Waals surface area (Å²) < 4.78 is 0. The highest BCUT2D eigenvalue weighted by Gasteiger charge is 2.50. The quantitative estimate of drug-likeness (QED) is 0.776. The van der Waals surface area contributed by atoms with Crippen LogP contribution in [0.1, 0.15) is 27.8 Å². The first-order valence-corrected chi connectivity index (χ1v) is 8.38. The van der Waals surface area contributed by atoms with E-state index in [1.165, 1.54) is 0 Å². The minimum atomic E-state index is -1.21. The van der Waals surface area contributed by atoms with Crippen molar-refractivity contribution in [3.8, 4) is 0 Å². The summed E-state index contributed by atoms with van der Waals surface area (Å²) in [6.07, 6.45) is 0.318. The second kappa shape index (κ2) is 5.86. The molecule has 1 atom stereocenters. The number of carbonyl (C=O) groups is 2. The minimum Gasteiger partial charge on any atom is -0.392 e. The van der Waals surface area contributed by atoms with Gasteiger partial charge >= 0.3 is 0 Å². The van der Waals surface area contributed by atoms with Crippen molar-refractivity contribution in [2.45, 2.75) is 25.5 Å². The summed E-state index contributed by atoms with van der Waals surface area (Å²) in [4.78, 5) is 29.8. The maximum atomic E-state index is 12.9. The Morgan fingerprint density at radius 1 is 1.23 bits per heavy atom. The largest absolute Gasteiger partial charge is 0.392 e. The van der Waals surface area contributed by atoms with E-state index < -0.39 is 17.9 Å². The number of Topliss-reactive ketones (excluding diaryl/α,β-unsaturated/α-hetero) is 1. The van der Waals surface area contributed by atoms with Gasteiger partial charge in [0.1, 0.15) is 12.3 Å². The molecular weight excluding hydrogens is 332 g/mol. The minimum absolute atomic E-state index is 0.0774. The maximum Gasteiger partial charge on any atom is 0.257 e. The molecule has 0 saturated heterocycles. The van der Waals surface area contributed by atoms with E-state index in [0.29, 0.717) is 23.2 Å². The molecule has 0 saturated carbocycles. The molecule has 1 spiro atoms. The van der Waals surface area contributed by atoms with Crippen molar-refractivity contribution in [2.24, 2.45) is 4.99 Å². The van der Waals surface area contributed by atoms with Gasteiger partial charge in [0, 0.05) is 23.2 Å². The zero-order valence-electron chi connectivity index (χ0n) is 14.2. The number of fused-ring (bicyclic) bond motifs is 3. The number of hydrogen-bond acceptors (Lipinski definition) is 5. The van der Waals surface area contributed by atoms with Gasteiger partial charge in [-0.15, -0.1) is 0 Å². The standard InChI is InChI=1S/C20H18N2O4/c1-11-2-5-16-15(6-11)20(19(26)21-16)8-13-4-3-12(9-23)7-14(13)18(22-20)17(25)10-24/h2-7,23-24H,8-10H2,1H3,(H,21,26). The second-order valence-corrected chi connectivity index (χ2v) is 6.73. The van der Waals surface area contributed by atoms with E-state index in [2.05, 4.69) is 10.3 Å². The van der Waals surface area contributed by atoms with E-state index in [0.717, 1.165) is 16.7 Å². The van der Waals surface area contributed by atoms with Gasteiger partial charge in [-0.25, -0.2) is 0 Å². The summed E-state index contributed by atoms with van der Waals surface area (Å²) in [6, 6.07) is 10.9. The topological polar surface area (TPSA) is 99.0 Å². The van der Waals surface area contributed by atoms with Crippen molar-refractivity contribution in [3.05, 3.63) is 64.2 Å². The number of aliphatic hydroxyl groups is 2. The number of rotatable bonds is 3. The Hall–Kier alpha value is -2.83. The van der Waals surface area contributed by atoms with Gasteiger partial charge in [0.25, 0.3) is 5.91 Å². The number of aliphatic imine (C=N–C) groups is 1. The van der Waals surface area contributed by atoms with Gasteiger partial charge in [0.2, 0.25) is 5.78 Å². The van der Waals surface area contributed by atoms with Gasteiger partial charge in [0.05, 0.1) is 6.61 Å². The van der Waals surface area contributed by atoms with Crippen molar-refractivity contribution in [2.75, 3.05) is 11.9 Å². The highest BCUT2D eigenvalue weighted by atomic mass is 16.3. The van der Waals surface area contributed by atoms with Crippen molar-refractivity contribution >= 4 is 23.1 Å². The van der Waals surface area contributed by atoms with E-state index >= 15 is 0 Å². The summed E-state index contributed by atoms with van der Waals surface area (Å²) >= 11 is 0. The van der Waals surface area contributed by atoms with Crippen molar-refractivity contribution in [1.29, 1.82) is 0 Å². The molecule has 26 heavy (non-hydrogen) atoms. The van der Waals surface area contributed by atoms with E-state index in [1.54, 1.807) is 12.1 Å². The Balaban J connectivity index is 1.97. The van der Waals surface area contributed by atoms with Crippen LogP contribution in [0.15, 0.2) is 41.4 Å². The number of anilines is 1. The number of benzene rings is 2. The molecule has 6 nitrogen and oxygen atoms in total. The second-order valence-electron chi connectivity index (χ2n) is 6.73. The Labute approximate surface area is 150 Å². The molecule has 1 unspecified atom stereocenters. The SMILES string of the molecule is Cc1ccc2c(c1)C1(Cc3ccc(CO)cc3C(C(=O)CO)=N1)C(=O)N2. The number of aliphatic hydroxyl groups excluding tert-OH is 2. The summed E-state index contributed by atoms with van der Waals surface area (Å²) in [7, 11) is 0. The van der Waals surface area contributed by atoms with Crippen LogP contribution in [-0.4, -0.2) is 34.2 Å². The van der Waals surface area contributed by atoms with Crippen LogP contribution in [0.2, 0.25) is 0 Å². The Bertz CT molecular complexity index is 980. The van der Waals surface area contributed by atoms with Crippen LogP contribution in [0.25, 0.3) is 0 Å². The average molecular weight is 350 g/mol. The number of nitrogens with one attached hydrogen (secondary N) is 1. The summed E-state index contributed by atoms with van der Waals surface area (Å²) in [5.41, 5.74) is 3.28. The molecule has 2 aromatic rings. The van der Waals surface area contributed by atoms with Crippen LogP contribution in [-0.2, 0) is 28.2 Å². The predicted octanol–water partition coefficient (Wildman–Crippen LogP) is 1.24. The highest BCUT2D eigenvalue weighted by Crippen LogP contribution is 2.45. The van der Waals surface area contributed by atoms with Gasteiger partial charge in [-0.05, 0) is 30.2 Å². The number of aryl methyl sites for hydroxylation is 1. The highest BCUT2D eigenvalue weighted by molar-refractivity contribution is 6.47. The van der Waals surface area contributed by atoms with E-state index in [-0.39, 0.29) is 18.2 Å². The van der Waals surface area contributed by atoms with E-state index in [4.69, 9.17) is 0 Å². The van der Waals surface area contributed by atoms with Crippen molar-refractivity contribution in [1.82, 2.24) is 0 Å². The first-order valence-electron chi connectivity index (χ1n) is 8.38. The zero-order chi connectivity index (χ0) is 18.5. The summed E-state index contributed by atoms with van der Waals surface area (Å²) in [6.45, 7) is 1.08. The number of hydrogen-bond donors (Lipinski definition) is 3. The van der Waals surface area contributed by atoms with Crippen LogP contribution in [0, 0.1) is 6.92 Å². The third kappa shape index (κ3) is 2.30. The van der Waals surface area contributed by atoms with Gasteiger partial charge in [-0.2, -0.15) is 0 Å². The van der Waals surface area contributed by atoms with Crippen LogP contribution in [0.4, 0.5) is 5.69 Å². The fourth-order valence-corrected chi connectivity index (χ4v) is 3.69. The third-order valence-electron chi connectivity index (χ3n) is 5.01. The molecule has 1 amide bonds. The molecule has 132 valence electrons. The molecular formula is C20H18N2O4. The van der Waals surface area contributed by atoms with Crippen LogP contribution in [0.5, 0.6) is 0 Å². The lowest BCUT2D eigenvalue weighted by molar-refractivity contribution is -0.120. The number of carbonyl (C=O) groups excluding carboxylic acids is 2. The van der Waals surface area contributed by atoms with E-state index in [9.17, 15) is 19.8 Å². The summed E-state index contributed by atoms with van der Waals surface area (Å²) in [5, 5.41) is 21.6. The Morgan fingerprint density at radius 3 is 2.77 bits per heavy atom. The molecule has 0 bridgehead atoms. The molecule has 2 aliphatic rings. The smallest absolute Gasteiger partial charge is 0.257 e. The lowest BCUT2D eigenvalue weighted by Crippen LogP contribution is -2.41. The fraction of sp³-hybridized carbons (Fsp3) is 0.250. The molecule has 0 radical (unpaired) electrons. The third-order valence-corrected chi connectivity index (χ3v) is 5.01. The summed E-state index contributed by atoms with van der Waals surface area (Å²) in [5.74, 6) is -0.826. The number of amides is 1. The maximum absolute atomic E-state index is 12.9.